The molecule has 1 aliphatic heterocycles. The molecule has 0 aliphatic carbocycles. The molecule has 1 fully saturated rings. The van der Waals surface area contributed by atoms with E-state index in [1.807, 2.05) is 52.0 Å². The van der Waals surface area contributed by atoms with Crippen molar-refractivity contribution in [1.82, 2.24) is 4.90 Å². The van der Waals surface area contributed by atoms with Gasteiger partial charge in [-0.25, -0.2) is 4.79 Å². The molecule has 0 N–H and O–H groups in total. The van der Waals surface area contributed by atoms with Crippen molar-refractivity contribution < 1.29 is 14.3 Å². The van der Waals surface area contributed by atoms with Crippen molar-refractivity contribution in [1.29, 1.82) is 0 Å². The van der Waals surface area contributed by atoms with Crippen molar-refractivity contribution >= 4 is 12.4 Å². The summed E-state index contributed by atoms with van der Waals surface area (Å²) in [5, 5.41) is 0. The molecule has 4 nitrogen and oxygen atoms in total. The van der Waals surface area contributed by atoms with Crippen molar-refractivity contribution in [2.24, 2.45) is 5.92 Å². The predicted octanol–water partition coefficient (Wildman–Crippen LogP) is 3.92. The zero-order chi connectivity index (χ0) is 17.0. The molecule has 126 valence electrons. The van der Waals surface area contributed by atoms with E-state index in [0.29, 0.717) is 13.1 Å². The fourth-order valence-electron chi connectivity index (χ4n) is 3.19. The van der Waals surface area contributed by atoms with E-state index in [1.54, 1.807) is 4.90 Å². The Labute approximate surface area is 138 Å². The average Bonchev–Trinajstić information content (AvgIpc) is 2.48. The number of nitrogens with zero attached hydrogens (tertiary/aromatic N) is 1. The fourth-order valence-corrected chi connectivity index (χ4v) is 3.19. The molecule has 1 aliphatic rings. The lowest BCUT2D eigenvalue weighted by atomic mass is 9.80. The Bertz CT molecular complexity index is 562. The molecule has 0 bridgehead atoms. The summed E-state index contributed by atoms with van der Waals surface area (Å²) in [7, 11) is 0. The molecule has 1 aromatic carbocycles. The van der Waals surface area contributed by atoms with Crippen LogP contribution in [0.3, 0.4) is 0 Å². The molecule has 0 aromatic heterocycles. The third-order valence-electron chi connectivity index (χ3n) is 4.31. The van der Waals surface area contributed by atoms with Gasteiger partial charge in [-0.15, -0.1) is 0 Å². The third-order valence-corrected chi connectivity index (χ3v) is 4.31. The normalized spacial score (nSPS) is 20.0. The van der Waals surface area contributed by atoms with Crippen LogP contribution in [0.2, 0.25) is 0 Å². The van der Waals surface area contributed by atoms with Crippen LogP contribution >= 0.6 is 0 Å². The summed E-state index contributed by atoms with van der Waals surface area (Å²) >= 11 is 0. The predicted molar refractivity (Wildman–Crippen MR) is 90.5 cm³/mol. The summed E-state index contributed by atoms with van der Waals surface area (Å²) in [6.45, 7) is 8.91. The molecular weight excluding hydrogens is 290 g/mol. The van der Waals surface area contributed by atoms with Crippen LogP contribution < -0.4 is 0 Å². The van der Waals surface area contributed by atoms with Crippen LogP contribution in [0.4, 0.5) is 4.79 Å². The van der Waals surface area contributed by atoms with Crippen molar-refractivity contribution in [2.75, 3.05) is 13.1 Å². The molecule has 2 unspecified atom stereocenters. The van der Waals surface area contributed by atoms with Gasteiger partial charge >= 0.3 is 6.09 Å². The molecule has 2 atom stereocenters. The number of aldehydes is 1. The van der Waals surface area contributed by atoms with E-state index in [9.17, 15) is 9.59 Å². The second kappa shape index (κ2) is 7.16. The maximum absolute atomic E-state index is 12.3. The summed E-state index contributed by atoms with van der Waals surface area (Å²) in [5.41, 5.74) is 1.70. The number of likely N-dealkylation sites (tertiary alicyclic amines) is 1. The summed E-state index contributed by atoms with van der Waals surface area (Å²) in [5.74, 6) is -0.0173. The zero-order valence-electron chi connectivity index (χ0n) is 14.5. The van der Waals surface area contributed by atoms with E-state index in [-0.39, 0.29) is 17.9 Å². The number of ether oxygens (including phenoxy) is 1. The molecule has 2 rings (SSSR count). The number of benzene rings is 1. The van der Waals surface area contributed by atoms with E-state index in [1.165, 1.54) is 0 Å². The van der Waals surface area contributed by atoms with E-state index in [0.717, 1.165) is 30.3 Å². The highest BCUT2D eigenvalue weighted by Gasteiger charge is 2.32. The lowest BCUT2D eigenvalue weighted by Gasteiger charge is -2.36. The van der Waals surface area contributed by atoms with Gasteiger partial charge in [0.2, 0.25) is 0 Å². The summed E-state index contributed by atoms with van der Waals surface area (Å²) in [6.07, 6.45) is 2.61. The SMILES string of the molecule is Cc1ccccc1C(C=O)C1CCCN(C(=O)OC(C)(C)C)C1. The minimum atomic E-state index is -0.496. The van der Waals surface area contributed by atoms with E-state index >= 15 is 0 Å². The Kier molecular flexibility index (Phi) is 5.45. The fraction of sp³-hybridized carbons (Fsp3) is 0.579. The molecule has 1 aromatic rings. The van der Waals surface area contributed by atoms with Gasteiger partial charge in [-0.1, -0.05) is 24.3 Å². The van der Waals surface area contributed by atoms with E-state index in [2.05, 4.69) is 0 Å². The molecular formula is C19H27NO3. The number of amides is 1. The van der Waals surface area contributed by atoms with Gasteiger partial charge in [0.15, 0.2) is 0 Å². The second-order valence-corrected chi connectivity index (χ2v) is 7.35. The highest BCUT2D eigenvalue weighted by atomic mass is 16.6. The number of piperidine rings is 1. The van der Waals surface area contributed by atoms with Crippen LogP contribution in [0.25, 0.3) is 0 Å². The zero-order valence-corrected chi connectivity index (χ0v) is 14.5. The molecule has 4 heteroatoms. The minimum Gasteiger partial charge on any atom is -0.444 e. The summed E-state index contributed by atoms with van der Waals surface area (Å²) in [4.78, 5) is 25.8. The average molecular weight is 317 g/mol. The third kappa shape index (κ3) is 4.57. The maximum Gasteiger partial charge on any atom is 0.410 e. The number of aryl methyl sites for hydroxylation is 1. The van der Waals surface area contributed by atoms with Crippen molar-refractivity contribution in [3.8, 4) is 0 Å². The number of carbonyl (C=O) groups excluding carboxylic acids is 2. The van der Waals surface area contributed by atoms with Crippen LogP contribution in [0, 0.1) is 12.8 Å². The molecule has 1 heterocycles. The summed E-state index contributed by atoms with van der Waals surface area (Å²) < 4.78 is 5.47. The van der Waals surface area contributed by atoms with Gasteiger partial charge in [0.25, 0.3) is 0 Å². The smallest absolute Gasteiger partial charge is 0.410 e. The second-order valence-electron chi connectivity index (χ2n) is 7.35. The monoisotopic (exact) mass is 317 g/mol. The number of hydrogen-bond donors (Lipinski definition) is 0. The van der Waals surface area contributed by atoms with Gasteiger partial charge in [-0.2, -0.15) is 0 Å². The standard InChI is InChI=1S/C19H27NO3/c1-14-8-5-6-10-16(14)17(13-21)15-9-7-11-20(12-15)18(22)23-19(2,3)4/h5-6,8,10,13,15,17H,7,9,11-12H2,1-4H3. The lowest BCUT2D eigenvalue weighted by molar-refractivity contribution is -0.110. The van der Waals surface area contributed by atoms with Gasteiger partial charge < -0.3 is 14.4 Å². The van der Waals surface area contributed by atoms with Crippen LogP contribution in [0.5, 0.6) is 0 Å². The van der Waals surface area contributed by atoms with Gasteiger partial charge in [-0.05, 0) is 57.6 Å². The molecule has 23 heavy (non-hydrogen) atoms. The van der Waals surface area contributed by atoms with Crippen molar-refractivity contribution in [3.63, 3.8) is 0 Å². The van der Waals surface area contributed by atoms with E-state index in [4.69, 9.17) is 4.74 Å². The largest absolute Gasteiger partial charge is 0.444 e. The Morgan fingerprint density at radius 3 is 2.65 bits per heavy atom. The van der Waals surface area contributed by atoms with Gasteiger partial charge in [-0.3, -0.25) is 0 Å². The van der Waals surface area contributed by atoms with Crippen molar-refractivity contribution in [3.05, 3.63) is 35.4 Å². The van der Waals surface area contributed by atoms with Crippen LogP contribution in [-0.2, 0) is 9.53 Å². The number of carbonyl (C=O) groups is 2. The first-order chi connectivity index (χ1) is 10.8. The van der Waals surface area contributed by atoms with Gasteiger partial charge in [0, 0.05) is 19.0 Å². The van der Waals surface area contributed by atoms with E-state index < -0.39 is 5.60 Å². The Hall–Kier alpha value is -1.84. The first kappa shape index (κ1) is 17.5. The Balaban J connectivity index is 2.12. The Morgan fingerprint density at radius 1 is 1.35 bits per heavy atom. The first-order valence-corrected chi connectivity index (χ1v) is 8.30. The molecule has 0 saturated carbocycles. The van der Waals surface area contributed by atoms with Gasteiger partial charge in [0.1, 0.15) is 11.9 Å². The van der Waals surface area contributed by atoms with Crippen LogP contribution in [-0.4, -0.2) is 36.0 Å². The topological polar surface area (TPSA) is 46.6 Å². The van der Waals surface area contributed by atoms with Gasteiger partial charge in [0.05, 0.1) is 0 Å². The van der Waals surface area contributed by atoms with Crippen LogP contribution in [0.15, 0.2) is 24.3 Å². The van der Waals surface area contributed by atoms with Crippen molar-refractivity contribution in [2.45, 2.75) is 52.1 Å². The molecule has 1 saturated heterocycles. The minimum absolute atomic E-state index is 0.148. The molecule has 0 radical (unpaired) electrons. The highest BCUT2D eigenvalue weighted by Crippen LogP contribution is 2.32. The molecule has 1 amide bonds. The Morgan fingerprint density at radius 2 is 2.04 bits per heavy atom. The highest BCUT2D eigenvalue weighted by molar-refractivity contribution is 5.69. The number of hydrogen-bond acceptors (Lipinski definition) is 3. The maximum atomic E-state index is 12.3. The van der Waals surface area contributed by atoms with Crippen LogP contribution in [0.1, 0.15) is 50.7 Å². The quantitative estimate of drug-likeness (QED) is 0.794. The molecule has 0 spiro atoms. The lowest BCUT2D eigenvalue weighted by Crippen LogP contribution is -2.44. The summed E-state index contributed by atoms with van der Waals surface area (Å²) in [6, 6.07) is 7.99. The first-order valence-electron chi connectivity index (χ1n) is 8.30. The number of rotatable bonds is 3.